The number of para-hydroxylation sites is 4. The molecule has 4 nitrogen and oxygen atoms in total. The molecule has 280 valence electrons. The molecule has 0 amide bonds. The summed E-state index contributed by atoms with van der Waals surface area (Å²) in [7, 11) is 0. The van der Waals surface area contributed by atoms with E-state index in [4.69, 9.17) is 18.8 Å². The van der Waals surface area contributed by atoms with Crippen molar-refractivity contribution in [2.75, 3.05) is 0 Å². The van der Waals surface area contributed by atoms with Crippen molar-refractivity contribution in [3.63, 3.8) is 0 Å². The van der Waals surface area contributed by atoms with Crippen molar-refractivity contribution < 1.29 is 8.83 Å². The van der Waals surface area contributed by atoms with Gasteiger partial charge in [-0.3, -0.25) is 0 Å². The van der Waals surface area contributed by atoms with Gasteiger partial charge in [-0.1, -0.05) is 170 Å². The molecule has 0 spiro atoms. The van der Waals surface area contributed by atoms with Crippen LogP contribution in [0, 0.1) is 0 Å². The molecule has 0 aliphatic rings. The molecule has 9 aromatic carbocycles. The Hall–Kier alpha value is -8.08. The van der Waals surface area contributed by atoms with Gasteiger partial charge < -0.3 is 8.83 Å². The highest BCUT2D eigenvalue weighted by Gasteiger charge is 2.23. The fourth-order valence-corrected chi connectivity index (χ4v) is 8.91. The number of fused-ring (bicyclic) bond motifs is 7. The molecule has 0 bridgehead atoms. The summed E-state index contributed by atoms with van der Waals surface area (Å²) in [6, 6.07) is 72.0. The van der Waals surface area contributed by atoms with E-state index < -0.39 is 0 Å². The Morgan fingerprint density at radius 3 is 1.30 bits per heavy atom. The van der Waals surface area contributed by atoms with E-state index >= 15 is 0 Å². The van der Waals surface area contributed by atoms with E-state index in [1.807, 2.05) is 24.3 Å². The lowest BCUT2D eigenvalue weighted by molar-refractivity contribution is 0.669. The van der Waals surface area contributed by atoms with Gasteiger partial charge in [-0.25, -0.2) is 9.97 Å². The van der Waals surface area contributed by atoms with Gasteiger partial charge in [-0.05, 0) is 80.6 Å². The second-order valence-corrected chi connectivity index (χ2v) is 15.2. The number of furan rings is 2. The molecule has 0 saturated carbocycles. The van der Waals surface area contributed by atoms with E-state index in [2.05, 4.69) is 182 Å². The SMILES string of the molecule is c1ccc(-c2ccc(-c3cc(-c4ccccc4)c4ccccc4c3-c3nc(-c4cccc5c4oc4ccccc45)cc(-c4cccc5c4oc4ccccc45)n3)cc2)cc1. The zero-order valence-electron chi connectivity index (χ0n) is 32.3. The monoisotopic (exact) mass is 766 g/mol. The Morgan fingerprint density at radius 1 is 0.283 bits per heavy atom. The highest BCUT2D eigenvalue weighted by atomic mass is 16.3. The number of rotatable bonds is 6. The van der Waals surface area contributed by atoms with Crippen LogP contribution in [0.1, 0.15) is 0 Å². The number of nitrogens with zero attached hydrogens (tertiary/aromatic N) is 2. The van der Waals surface area contributed by atoms with Gasteiger partial charge in [0.1, 0.15) is 22.3 Å². The van der Waals surface area contributed by atoms with Crippen molar-refractivity contribution in [1.82, 2.24) is 9.97 Å². The third kappa shape index (κ3) is 5.53. The summed E-state index contributed by atoms with van der Waals surface area (Å²) in [5.74, 6) is 0.613. The molecule has 12 aromatic rings. The number of hydrogen-bond donors (Lipinski definition) is 0. The minimum atomic E-state index is 0.613. The van der Waals surface area contributed by atoms with Crippen LogP contribution < -0.4 is 0 Å². The average Bonchev–Trinajstić information content (AvgIpc) is 3.90. The van der Waals surface area contributed by atoms with Crippen LogP contribution in [-0.2, 0) is 0 Å². The first-order valence-corrected chi connectivity index (χ1v) is 20.2. The molecule has 0 atom stereocenters. The molecular weight excluding hydrogens is 733 g/mol. The van der Waals surface area contributed by atoms with E-state index in [9.17, 15) is 0 Å². The zero-order chi connectivity index (χ0) is 39.6. The van der Waals surface area contributed by atoms with E-state index in [1.54, 1.807) is 0 Å². The van der Waals surface area contributed by atoms with Gasteiger partial charge in [0.2, 0.25) is 0 Å². The number of benzene rings is 9. The topological polar surface area (TPSA) is 52.1 Å². The lowest BCUT2D eigenvalue weighted by Gasteiger charge is -2.18. The van der Waals surface area contributed by atoms with Crippen molar-refractivity contribution in [2.45, 2.75) is 0 Å². The van der Waals surface area contributed by atoms with Gasteiger partial charge in [-0.15, -0.1) is 0 Å². The molecular formula is C56H34N2O2. The van der Waals surface area contributed by atoms with E-state index in [1.165, 1.54) is 5.56 Å². The van der Waals surface area contributed by atoms with Crippen molar-refractivity contribution in [2.24, 2.45) is 0 Å². The molecule has 4 heteroatoms. The first kappa shape index (κ1) is 34.0. The third-order valence-corrected chi connectivity index (χ3v) is 11.7. The molecule has 3 heterocycles. The molecule has 0 radical (unpaired) electrons. The fourth-order valence-electron chi connectivity index (χ4n) is 8.91. The van der Waals surface area contributed by atoms with Gasteiger partial charge in [-0.2, -0.15) is 0 Å². The summed E-state index contributed by atoms with van der Waals surface area (Å²) in [5.41, 5.74) is 14.2. The first-order chi connectivity index (χ1) is 29.7. The fraction of sp³-hybridized carbons (Fsp3) is 0. The molecule has 0 saturated heterocycles. The van der Waals surface area contributed by atoms with Crippen LogP contribution in [0.2, 0.25) is 0 Å². The number of hydrogen-bond acceptors (Lipinski definition) is 4. The molecule has 60 heavy (non-hydrogen) atoms. The maximum atomic E-state index is 6.64. The molecule has 0 fully saturated rings. The second kappa shape index (κ2) is 13.8. The lowest BCUT2D eigenvalue weighted by atomic mass is 9.87. The molecule has 3 aromatic heterocycles. The Bertz CT molecular complexity index is 3450. The Balaban J connectivity index is 1.17. The largest absolute Gasteiger partial charge is 0.455 e. The lowest BCUT2D eigenvalue weighted by Crippen LogP contribution is -1.99. The van der Waals surface area contributed by atoms with Crippen LogP contribution >= 0.6 is 0 Å². The molecule has 0 N–H and O–H groups in total. The minimum Gasteiger partial charge on any atom is -0.455 e. The Morgan fingerprint density at radius 2 is 0.717 bits per heavy atom. The predicted molar refractivity (Wildman–Crippen MR) is 247 cm³/mol. The highest BCUT2D eigenvalue weighted by Crippen LogP contribution is 2.45. The van der Waals surface area contributed by atoms with E-state index in [-0.39, 0.29) is 0 Å². The Labute approximate surface area is 345 Å². The maximum Gasteiger partial charge on any atom is 0.161 e. The summed E-state index contributed by atoms with van der Waals surface area (Å²) in [6.45, 7) is 0. The highest BCUT2D eigenvalue weighted by molar-refractivity contribution is 6.13. The molecule has 0 aliphatic carbocycles. The molecule has 12 rings (SSSR count). The smallest absolute Gasteiger partial charge is 0.161 e. The van der Waals surface area contributed by atoms with Gasteiger partial charge in [0.15, 0.2) is 5.82 Å². The normalized spacial score (nSPS) is 11.7. The third-order valence-electron chi connectivity index (χ3n) is 11.7. The van der Waals surface area contributed by atoms with E-state index in [0.29, 0.717) is 5.82 Å². The summed E-state index contributed by atoms with van der Waals surface area (Å²) < 4.78 is 13.3. The Kier molecular flexibility index (Phi) is 7.82. The van der Waals surface area contributed by atoms with Crippen LogP contribution in [0.15, 0.2) is 215 Å². The van der Waals surface area contributed by atoms with Gasteiger partial charge >= 0.3 is 0 Å². The minimum absolute atomic E-state index is 0.613. The molecule has 0 aliphatic heterocycles. The van der Waals surface area contributed by atoms with Crippen molar-refractivity contribution in [3.05, 3.63) is 206 Å². The van der Waals surface area contributed by atoms with E-state index in [0.717, 1.165) is 111 Å². The quantitative estimate of drug-likeness (QED) is 0.169. The predicted octanol–water partition coefficient (Wildman–Crippen LogP) is 15.4. The van der Waals surface area contributed by atoms with Crippen molar-refractivity contribution in [3.8, 4) is 67.3 Å². The van der Waals surface area contributed by atoms with Gasteiger partial charge in [0.25, 0.3) is 0 Å². The van der Waals surface area contributed by atoms with Crippen LogP contribution in [0.5, 0.6) is 0 Å². The van der Waals surface area contributed by atoms with Crippen LogP contribution in [-0.4, -0.2) is 9.97 Å². The summed E-state index contributed by atoms with van der Waals surface area (Å²) in [4.78, 5) is 11.1. The average molecular weight is 767 g/mol. The van der Waals surface area contributed by atoms with Crippen LogP contribution in [0.4, 0.5) is 0 Å². The van der Waals surface area contributed by atoms with Crippen LogP contribution in [0.3, 0.4) is 0 Å². The summed E-state index contributed by atoms with van der Waals surface area (Å²) >= 11 is 0. The second-order valence-electron chi connectivity index (χ2n) is 15.2. The van der Waals surface area contributed by atoms with Crippen LogP contribution in [0.25, 0.3) is 122 Å². The maximum absolute atomic E-state index is 6.64. The first-order valence-electron chi connectivity index (χ1n) is 20.2. The number of aromatic nitrogens is 2. The van der Waals surface area contributed by atoms with Crippen molar-refractivity contribution >= 4 is 54.6 Å². The summed E-state index contributed by atoms with van der Waals surface area (Å²) in [6.07, 6.45) is 0. The summed E-state index contributed by atoms with van der Waals surface area (Å²) in [5, 5.41) is 6.41. The van der Waals surface area contributed by atoms with Gasteiger partial charge in [0.05, 0.1) is 11.4 Å². The molecule has 0 unspecified atom stereocenters. The van der Waals surface area contributed by atoms with Crippen molar-refractivity contribution in [1.29, 1.82) is 0 Å². The van der Waals surface area contributed by atoms with Gasteiger partial charge in [0, 0.05) is 38.2 Å². The zero-order valence-corrected chi connectivity index (χ0v) is 32.3. The standard InChI is InChI=1S/C56H34N2O2/c1-3-15-35(16-4-1)36-29-31-38(32-30-36)48-33-47(37-17-5-2-6-18-37)39-19-7-8-22-42(39)53(48)56-57-49(45-25-13-23-43-40-20-9-11-27-51(40)59-54(43)45)34-50(58-56)46-26-14-24-44-41-21-10-12-28-52(41)60-55(44)46/h1-34H.